The second kappa shape index (κ2) is 5.89. The van der Waals surface area contributed by atoms with Crippen molar-refractivity contribution in [1.29, 1.82) is 0 Å². The van der Waals surface area contributed by atoms with Gasteiger partial charge in [0.2, 0.25) is 0 Å². The van der Waals surface area contributed by atoms with Crippen molar-refractivity contribution >= 4 is 17.9 Å². The summed E-state index contributed by atoms with van der Waals surface area (Å²) < 4.78 is 0. The van der Waals surface area contributed by atoms with E-state index in [9.17, 15) is 4.79 Å². The minimum atomic E-state index is -0.504. The van der Waals surface area contributed by atoms with E-state index in [1.54, 1.807) is 6.20 Å². The van der Waals surface area contributed by atoms with Crippen LogP contribution in [0.2, 0.25) is 0 Å². The predicted molar refractivity (Wildman–Crippen MR) is 69.2 cm³/mol. The minimum absolute atomic E-state index is 0.0200. The summed E-state index contributed by atoms with van der Waals surface area (Å²) in [4.78, 5) is 14.6. The van der Waals surface area contributed by atoms with Gasteiger partial charge in [0.15, 0.2) is 0 Å². The summed E-state index contributed by atoms with van der Waals surface area (Å²) in [5, 5.41) is 2.60. The fourth-order valence-corrected chi connectivity index (χ4v) is 1.41. The average Bonchev–Trinajstić information content (AvgIpc) is 2.22. The number of carbonyl (C=O) groups excluding carboxylic acids is 1. The van der Waals surface area contributed by atoms with Crippen molar-refractivity contribution in [2.45, 2.75) is 26.3 Å². The first-order valence-electron chi connectivity index (χ1n) is 5.43. The lowest BCUT2D eigenvalue weighted by Crippen LogP contribution is -2.36. The smallest absolute Gasteiger partial charge is 0.312 e. The number of nitrogens with one attached hydrogen (secondary N) is 1. The van der Waals surface area contributed by atoms with Gasteiger partial charge >= 0.3 is 6.03 Å². The van der Waals surface area contributed by atoms with Crippen molar-refractivity contribution in [3.05, 3.63) is 29.5 Å². The number of rotatable bonds is 4. The first kappa shape index (κ1) is 13.0. The molecule has 0 aliphatic heterocycles. The molecule has 0 bridgehead atoms. The number of aryl methyl sites for hydroxylation is 1. The zero-order chi connectivity index (χ0) is 12.8. The maximum atomic E-state index is 10.6. The molecule has 5 nitrogen and oxygen atoms in total. The second-order valence-electron chi connectivity index (χ2n) is 4.02. The molecule has 0 radical (unpaired) electrons. The van der Waals surface area contributed by atoms with Crippen LogP contribution in [0, 0.1) is 6.92 Å². The predicted octanol–water partition coefficient (Wildman–Crippen LogP) is 1.43. The molecule has 0 aliphatic rings. The van der Waals surface area contributed by atoms with Crippen LogP contribution in [0.5, 0.6) is 0 Å². The van der Waals surface area contributed by atoms with Gasteiger partial charge in [-0.3, -0.25) is 0 Å². The normalized spacial score (nSPS) is 12.6. The molecule has 0 saturated heterocycles. The summed E-state index contributed by atoms with van der Waals surface area (Å²) in [6.07, 6.45) is 6.34. The number of anilines is 1. The van der Waals surface area contributed by atoms with E-state index >= 15 is 0 Å². The molecule has 0 aromatic carbocycles. The van der Waals surface area contributed by atoms with Crippen LogP contribution >= 0.6 is 0 Å². The summed E-state index contributed by atoms with van der Waals surface area (Å²) in [5.74, 6) is 0.547. The Morgan fingerprint density at radius 1 is 1.65 bits per heavy atom. The van der Waals surface area contributed by atoms with Gasteiger partial charge in [-0.15, -0.1) is 0 Å². The van der Waals surface area contributed by atoms with Gasteiger partial charge in [-0.05, 0) is 37.5 Å². The lowest BCUT2D eigenvalue weighted by Gasteiger charge is -2.08. The molecule has 1 heterocycles. The van der Waals surface area contributed by atoms with Gasteiger partial charge in [-0.1, -0.05) is 12.2 Å². The van der Waals surface area contributed by atoms with E-state index in [1.807, 2.05) is 32.1 Å². The zero-order valence-electron chi connectivity index (χ0n) is 10.1. The van der Waals surface area contributed by atoms with Crippen LogP contribution in [0.1, 0.15) is 24.5 Å². The quantitative estimate of drug-likeness (QED) is 0.735. The molecule has 1 aromatic heterocycles. The Kier molecular flexibility index (Phi) is 4.51. The third kappa shape index (κ3) is 4.55. The molecular formula is C12H18N4O. The number of pyridine rings is 1. The van der Waals surface area contributed by atoms with Gasteiger partial charge in [0.05, 0.1) is 0 Å². The molecule has 1 rings (SSSR count). The van der Waals surface area contributed by atoms with Crippen molar-refractivity contribution in [3.8, 4) is 0 Å². The van der Waals surface area contributed by atoms with Crippen LogP contribution in [-0.4, -0.2) is 17.1 Å². The summed E-state index contributed by atoms with van der Waals surface area (Å²) in [7, 11) is 0. The van der Waals surface area contributed by atoms with Gasteiger partial charge in [0, 0.05) is 12.2 Å². The molecule has 1 atom stereocenters. The SMILES string of the molecule is Cc1cc(/C=C/CC(C)NC(N)=O)cnc1N. The van der Waals surface area contributed by atoms with E-state index in [1.165, 1.54) is 0 Å². The molecule has 0 saturated carbocycles. The van der Waals surface area contributed by atoms with E-state index in [0.717, 1.165) is 11.1 Å². The molecule has 2 amide bonds. The van der Waals surface area contributed by atoms with Gasteiger partial charge in [0.1, 0.15) is 5.82 Å². The third-order valence-electron chi connectivity index (χ3n) is 2.33. The lowest BCUT2D eigenvalue weighted by atomic mass is 10.1. The first-order chi connectivity index (χ1) is 7.99. The highest BCUT2D eigenvalue weighted by Gasteiger charge is 2.00. The fourth-order valence-electron chi connectivity index (χ4n) is 1.41. The number of primary amides is 1. The first-order valence-corrected chi connectivity index (χ1v) is 5.43. The van der Waals surface area contributed by atoms with Gasteiger partial charge in [-0.25, -0.2) is 9.78 Å². The highest BCUT2D eigenvalue weighted by molar-refractivity contribution is 5.71. The number of aromatic nitrogens is 1. The summed E-state index contributed by atoms with van der Waals surface area (Å²) in [6, 6.07) is 1.48. The van der Waals surface area contributed by atoms with Crippen LogP contribution in [-0.2, 0) is 0 Å². The number of nitrogens with two attached hydrogens (primary N) is 2. The summed E-state index contributed by atoms with van der Waals surface area (Å²) in [6.45, 7) is 3.80. The van der Waals surface area contributed by atoms with Crippen LogP contribution in [0.3, 0.4) is 0 Å². The number of amides is 2. The van der Waals surface area contributed by atoms with Crippen LogP contribution in [0.15, 0.2) is 18.3 Å². The molecule has 17 heavy (non-hydrogen) atoms. The number of hydrogen-bond donors (Lipinski definition) is 3. The zero-order valence-corrected chi connectivity index (χ0v) is 10.1. The van der Waals surface area contributed by atoms with E-state index in [0.29, 0.717) is 12.2 Å². The Morgan fingerprint density at radius 3 is 2.94 bits per heavy atom. The van der Waals surface area contributed by atoms with E-state index < -0.39 is 6.03 Å². The van der Waals surface area contributed by atoms with Gasteiger partial charge in [-0.2, -0.15) is 0 Å². The molecule has 1 aromatic rings. The average molecular weight is 234 g/mol. The van der Waals surface area contributed by atoms with Crippen molar-refractivity contribution in [2.75, 3.05) is 5.73 Å². The van der Waals surface area contributed by atoms with Gasteiger partial charge < -0.3 is 16.8 Å². The monoisotopic (exact) mass is 234 g/mol. The highest BCUT2D eigenvalue weighted by Crippen LogP contribution is 2.10. The maximum Gasteiger partial charge on any atom is 0.312 e. The van der Waals surface area contributed by atoms with Crippen molar-refractivity contribution < 1.29 is 4.79 Å². The Morgan fingerprint density at radius 2 is 2.35 bits per heavy atom. The number of nitrogens with zero attached hydrogens (tertiary/aromatic N) is 1. The van der Waals surface area contributed by atoms with E-state index in [2.05, 4.69) is 10.3 Å². The molecule has 5 heteroatoms. The van der Waals surface area contributed by atoms with Crippen LogP contribution < -0.4 is 16.8 Å². The standard InChI is InChI=1S/C12H18N4O/c1-8-6-10(7-15-11(8)13)5-3-4-9(2)16-12(14)17/h3,5-7,9H,4H2,1-2H3,(H2,13,15)(H3,14,16,17)/b5-3+. The van der Waals surface area contributed by atoms with Crippen molar-refractivity contribution in [3.63, 3.8) is 0 Å². The lowest BCUT2D eigenvalue weighted by molar-refractivity contribution is 0.246. The molecule has 5 N–H and O–H groups in total. The van der Waals surface area contributed by atoms with Crippen molar-refractivity contribution in [2.24, 2.45) is 5.73 Å². The van der Waals surface area contributed by atoms with E-state index in [4.69, 9.17) is 11.5 Å². The number of carbonyl (C=O) groups is 1. The van der Waals surface area contributed by atoms with Crippen LogP contribution in [0.4, 0.5) is 10.6 Å². The molecule has 92 valence electrons. The largest absolute Gasteiger partial charge is 0.383 e. The highest BCUT2D eigenvalue weighted by atomic mass is 16.2. The topological polar surface area (TPSA) is 94.0 Å². The Bertz CT molecular complexity index is 429. The molecular weight excluding hydrogens is 216 g/mol. The second-order valence-corrected chi connectivity index (χ2v) is 4.02. The van der Waals surface area contributed by atoms with E-state index in [-0.39, 0.29) is 6.04 Å². The van der Waals surface area contributed by atoms with Crippen molar-refractivity contribution in [1.82, 2.24) is 10.3 Å². The number of hydrogen-bond acceptors (Lipinski definition) is 3. The maximum absolute atomic E-state index is 10.6. The summed E-state index contributed by atoms with van der Waals surface area (Å²) in [5.41, 5.74) is 12.6. The third-order valence-corrected chi connectivity index (χ3v) is 2.33. The van der Waals surface area contributed by atoms with Gasteiger partial charge in [0.25, 0.3) is 0 Å². The fraction of sp³-hybridized carbons (Fsp3) is 0.333. The Labute approximate surface area is 101 Å². The Balaban J connectivity index is 2.53. The summed E-state index contributed by atoms with van der Waals surface area (Å²) >= 11 is 0. The molecule has 0 spiro atoms. The molecule has 0 fully saturated rings. The Hall–Kier alpha value is -2.04. The number of urea groups is 1. The molecule has 0 aliphatic carbocycles. The number of nitrogen functional groups attached to an aromatic ring is 1. The van der Waals surface area contributed by atoms with Crippen LogP contribution in [0.25, 0.3) is 6.08 Å². The minimum Gasteiger partial charge on any atom is -0.383 e. The molecule has 1 unspecified atom stereocenters.